The first-order chi connectivity index (χ1) is 29.6. The molecule has 0 aliphatic rings. The Morgan fingerprint density at radius 2 is 0.983 bits per heavy atom. The molecular weight excluding hydrogens is 733 g/mol. The average Bonchev–Trinajstić information content (AvgIpc) is 3.66. The number of hydrogen-bond donors (Lipinski definition) is 0. The maximum Gasteiger partial charge on any atom is 0.187 e. The molecule has 0 amide bonds. The van der Waals surface area contributed by atoms with E-state index in [-0.39, 0.29) is 0 Å². The summed E-state index contributed by atoms with van der Waals surface area (Å²) >= 11 is 0. The Morgan fingerprint density at radius 1 is 0.467 bits per heavy atom. The van der Waals surface area contributed by atoms with E-state index in [1.807, 2.05) is 97.1 Å². The van der Waals surface area contributed by atoms with Gasteiger partial charge in [-0.2, -0.15) is 5.26 Å². The Hall–Kier alpha value is -8.58. The third kappa shape index (κ3) is 6.71. The lowest BCUT2D eigenvalue weighted by Gasteiger charge is -2.26. The lowest BCUT2D eigenvalue weighted by atomic mass is 10.0. The van der Waals surface area contributed by atoms with E-state index in [9.17, 15) is 5.26 Å². The summed E-state index contributed by atoms with van der Waals surface area (Å²) in [4.78, 5) is 15.7. The molecule has 0 atom stereocenters. The molecule has 8 aromatic carbocycles. The molecule has 10 rings (SSSR count). The summed E-state index contributed by atoms with van der Waals surface area (Å²) in [7, 11) is 0. The minimum absolute atomic E-state index is 0.581. The Kier molecular flexibility index (Phi) is 9.19. The fourth-order valence-electron chi connectivity index (χ4n) is 7.89. The van der Waals surface area contributed by atoms with Gasteiger partial charge in [-0.15, -0.1) is 0 Å². The first kappa shape index (κ1) is 35.8. The van der Waals surface area contributed by atoms with Gasteiger partial charge in [0.25, 0.3) is 0 Å². The highest BCUT2D eigenvalue weighted by Gasteiger charge is 2.18. The van der Waals surface area contributed by atoms with Crippen LogP contribution in [0.5, 0.6) is 0 Å². The summed E-state index contributed by atoms with van der Waals surface area (Å²) in [5.41, 5.74) is 14.3. The van der Waals surface area contributed by atoms with Gasteiger partial charge in [-0.1, -0.05) is 127 Å². The fourth-order valence-corrected chi connectivity index (χ4v) is 7.89. The van der Waals surface area contributed by atoms with E-state index in [1.54, 1.807) is 0 Å². The van der Waals surface area contributed by atoms with Crippen LogP contribution >= 0.6 is 0 Å². The number of anilines is 3. The molecule has 0 aliphatic carbocycles. The summed E-state index contributed by atoms with van der Waals surface area (Å²) in [6.07, 6.45) is 0. The van der Waals surface area contributed by atoms with Gasteiger partial charge in [-0.25, -0.2) is 14.8 Å². The number of benzene rings is 8. The molecule has 280 valence electrons. The molecule has 0 radical (unpaired) electrons. The van der Waals surface area contributed by atoms with Crippen molar-refractivity contribution in [3.63, 3.8) is 0 Å². The number of nitrogens with zero attached hydrogens (tertiary/aromatic N) is 6. The summed E-state index contributed by atoms with van der Waals surface area (Å²) in [5.74, 6) is 0.698. The van der Waals surface area contributed by atoms with Gasteiger partial charge in [0.15, 0.2) is 11.5 Å². The SMILES string of the molecule is [C-]#[N+]c1ccc(N(c2ccc(C#N)cc2)c2ccc3c(c2)c2ccccc2n3-c2ccc(-c3ccc(-c4cc(-c5ccccc5)nc(-c5ccccc5)n4)cc3)cc2)cc1. The molecule has 0 saturated carbocycles. The minimum Gasteiger partial charge on any atom is -0.311 e. The Morgan fingerprint density at radius 3 is 1.62 bits per heavy atom. The van der Waals surface area contributed by atoms with Crippen LogP contribution in [0.2, 0.25) is 0 Å². The predicted octanol–water partition coefficient (Wildman–Crippen LogP) is 14.1. The van der Waals surface area contributed by atoms with Crippen molar-refractivity contribution in [2.75, 3.05) is 4.90 Å². The summed E-state index contributed by atoms with van der Waals surface area (Å²) in [6.45, 7) is 7.46. The van der Waals surface area contributed by atoms with Crippen molar-refractivity contribution in [2.45, 2.75) is 0 Å². The quantitative estimate of drug-likeness (QED) is 0.145. The minimum atomic E-state index is 0.581. The standard InChI is InChI=1S/C54H34N6/c1-56-43-24-30-45(31-25-43)59(44-26-16-37(36-55)17-27-44)47-32-33-53-49(34-47)48-14-8-9-15-52(48)60(53)46-28-22-39(23-29-46)38-18-20-41(21-19-38)51-35-50(40-10-4-2-5-11-40)57-54(58-51)42-12-6-3-7-13-42/h2-35H. The Labute approximate surface area is 348 Å². The maximum absolute atomic E-state index is 9.48. The van der Waals surface area contributed by atoms with Crippen molar-refractivity contribution < 1.29 is 0 Å². The third-order valence-electron chi connectivity index (χ3n) is 10.9. The summed E-state index contributed by atoms with van der Waals surface area (Å²) in [5, 5.41) is 11.7. The smallest absolute Gasteiger partial charge is 0.187 e. The first-order valence-corrected chi connectivity index (χ1v) is 19.7. The van der Waals surface area contributed by atoms with Crippen molar-refractivity contribution in [3.8, 4) is 56.8 Å². The maximum atomic E-state index is 9.48. The van der Waals surface area contributed by atoms with E-state index in [0.717, 1.165) is 83.8 Å². The molecule has 6 heteroatoms. The molecule has 2 heterocycles. The monoisotopic (exact) mass is 766 g/mol. The molecule has 2 aromatic heterocycles. The van der Waals surface area contributed by atoms with Crippen LogP contribution < -0.4 is 4.90 Å². The van der Waals surface area contributed by atoms with Gasteiger partial charge in [0, 0.05) is 50.2 Å². The predicted molar refractivity (Wildman–Crippen MR) is 244 cm³/mol. The van der Waals surface area contributed by atoms with E-state index >= 15 is 0 Å². The highest BCUT2D eigenvalue weighted by atomic mass is 15.1. The third-order valence-corrected chi connectivity index (χ3v) is 10.9. The van der Waals surface area contributed by atoms with Crippen LogP contribution in [0.3, 0.4) is 0 Å². The normalized spacial score (nSPS) is 11.0. The van der Waals surface area contributed by atoms with Crippen LogP contribution in [0.15, 0.2) is 206 Å². The molecule has 0 spiro atoms. The topological polar surface area (TPSA) is 62.1 Å². The lowest BCUT2D eigenvalue weighted by molar-refractivity contribution is 1.18. The van der Waals surface area contributed by atoms with Crippen LogP contribution in [0.4, 0.5) is 22.7 Å². The molecule has 0 fully saturated rings. The molecule has 0 aliphatic heterocycles. The number of nitriles is 1. The molecule has 0 N–H and O–H groups in total. The van der Waals surface area contributed by atoms with Crippen LogP contribution in [0.25, 0.3) is 77.4 Å². The van der Waals surface area contributed by atoms with Crippen LogP contribution in [0.1, 0.15) is 5.56 Å². The second-order valence-corrected chi connectivity index (χ2v) is 14.5. The van der Waals surface area contributed by atoms with E-state index in [4.69, 9.17) is 16.5 Å². The Bertz CT molecular complexity index is 3120. The summed E-state index contributed by atoms with van der Waals surface area (Å²) in [6, 6.07) is 72.3. The van der Waals surface area contributed by atoms with Gasteiger partial charge in [-0.05, 0) is 90.0 Å². The number of aromatic nitrogens is 3. The van der Waals surface area contributed by atoms with E-state index < -0.39 is 0 Å². The van der Waals surface area contributed by atoms with Crippen molar-refractivity contribution in [1.82, 2.24) is 14.5 Å². The molecule has 10 aromatic rings. The molecular formula is C54H34N6. The van der Waals surface area contributed by atoms with Gasteiger partial charge >= 0.3 is 0 Å². The zero-order valence-electron chi connectivity index (χ0n) is 32.3. The second-order valence-electron chi connectivity index (χ2n) is 14.5. The van der Waals surface area contributed by atoms with Crippen LogP contribution in [-0.2, 0) is 0 Å². The molecule has 60 heavy (non-hydrogen) atoms. The number of rotatable bonds is 8. The number of fused-ring (bicyclic) bond motifs is 3. The van der Waals surface area contributed by atoms with Gasteiger partial charge in [-0.3, -0.25) is 0 Å². The number of hydrogen-bond acceptors (Lipinski definition) is 4. The zero-order valence-corrected chi connectivity index (χ0v) is 32.3. The zero-order chi connectivity index (χ0) is 40.4. The Balaban J connectivity index is 0.994. The molecule has 0 bridgehead atoms. The van der Waals surface area contributed by atoms with Crippen LogP contribution in [-0.4, -0.2) is 14.5 Å². The van der Waals surface area contributed by atoms with Gasteiger partial charge in [0.05, 0.1) is 40.6 Å². The first-order valence-electron chi connectivity index (χ1n) is 19.7. The van der Waals surface area contributed by atoms with Crippen molar-refractivity contribution in [2.24, 2.45) is 0 Å². The van der Waals surface area contributed by atoms with E-state index in [1.165, 1.54) is 0 Å². The van der Waals surface area contributed by atoms with Crippen molar-refractivity contribution in [1.29, 1.82) is 5.26 Å². The summed E-state index contributed by atoms with van der Waals surface area (Å²) < 4.78 is 2.32. The molecule has 0 saturated heterocycles. The fraction of sp³-hybridized carbons (Fsp3) is 0. The van der Waals surface area contributed by atoms with Gasteiger partial charge < -0.3 is 9.47 Å². The average molecular weight is 767 g/mol. The van der Waals surface area contributed by atoms with Crippen LogP contribution in [0, 0.1) is 17.9 Å². The lowest BCUT2D eigenvalue weighted by Crippen LogP contribution is -2.09. The second kappa shape index (κ2) is 15.4. The largest absolute Gasteiger partial charge is 0.311 e. The number of para-hydroxylation sites is 1. The van der Waals surface area contributed by atoms with Gasteiger partial charge in [0.1, 0.15) is 0 Å². The highest BCUT2D eigenvalue weighted by molar-refractivity contribution is 6.10. The highest BCUT2D eigenvalue weighted by Crippen LogP contribution is 2.40. The van der Waals surface area contributed by atoms with Crippen molar-refractivity contribution >= 4 is 44.6 Å². The molecule has 0 unspecified atom stereocenters. The van der Waals surface area contributed by atoms with E-state index in [0.29, 0.717) is 17.1 Å². The van der Waals surface area contributed by atoms with E-state index in [2.05, 4.69) is 130 Å². The van der Waals surface area contributed by atoms with Crippen molar-refractivity contribution in [3.05, 3.63) is 223 Å². The molecule has 6 nitrogen and oxygen atoms in total. The van der Waals surface area contributed by atoms with Gasteiger partial charge in [0.2, 0.25) is 0 Å².